The van der Waals surface area contributed by atoms with E-state index in [0.717, 1.165) is 28.9 Å². The quantitative estimate of drug-likeness (QED) is 0.700. The van der Waals surface area contributed by atoms with Gasteiger partial charge in [-0.05, 0) is 50.5 Å². The van der Waals surface area contributed by atoms with Gasteiger partial charge >= 0.3 is 0 Å². The maximum Gasteiger partial charge on any atom is 0.242 e. The lowest BCUT2D eigenvalue weighted by Crippen LogP contribution is -2.49. The molecule has 2 unspecified atom stereocenters. The van der Waals surface area contributed by atoms with Crippen LogP contribution in [0.1, 0.15) is 43.9 Å². The van der Waals surface area contributed by atoms with Crippen LogP contribution in [-0.4, -0.2) is 35.9 Å². The number of carbonyl (C=O) groups excluding carboxylic acids is 2. The molecule has 2 aromatic carbocycles. The molecule has 156 valence electrons. The minimum atomic E-state index is -0.566. The molecule has 0 aliphatic heterocycles. The lowest BCUT2D eigenvalue weighted by Gasteiger charge is -2.30. The summed E-state index contributed by atoms with van der Waals surface area (Å²) in [5, 5.41) is 2.99. The average molecular weight is 397 g/mol. The van der Waals surface area contributed by atoms with Gasteiger partial charge in [-0.25, -0.2) is 0 Å². The molecule has 0 aliphatic rings. The first-order valence-electron chi connectivity index (χ1n) is 10.1. The Kier molecular flexibility index (Phi) is 8.25. The first-order chi connectivity index (χ1) is 13.8. The molecule has 0 radical (unpaired) electrons. The second-order valence-electron chi connectivity index (χ2n) is 7.53. The van der Waals surface area contributed by atoms with Crippen LogP contribution >= 0.6 is 0 Å². The number of hydrogen-bond donors (Lipinski definition) is 1. The number of amides is 2. The van der Waals surface area contributed by atoms with Gasteiger partial charge < -0.3 is 15.0 Å². The van der Waals surface area contributed by atoms with E-state index in [1.807, 2.05) is 69.3 Å². The highest BCUT2D eigenvalue weighted by Gasteiger charge is 2.26. The van der Waals surface area contributed by atoms with Crippen LogP contribution in [0.5, 0.6) is 5.75 Å². The molecule has 5 nitrogen and oxygen atoms in total. The van der Waals surface area contributed by atoms with Gasteiger partial charge in [-0.15, -0.1) is 0 Å². The van der Waals surface area contributed by atoms with E-state index in [9.17, 15) is 9.59 Å². The van der Waals surface area contributed by atoms with Crippen molar-refractivity contribution in [3.8, 4) is 5.75 Å². The Balaban J connectivity index is 2.21. The summed E-state index contributed by atoms with van der Waals surface area (Å²) >= 11 is 0. The van der Waals surface area contributed by atoms with Crippen LogP contribution in [0, 0.1) is 6.92 Å². The van der Waals surface area contributed by atoms with E-state index in [4.69, 9.17) is 4.74 Å². The first kappa shape index (κ1) is 22.5. The maximum atomic E-state index is 13.1. The molecule has 0 saturated heterocycles. The number of benzene rings is 2. The molecule has 0 saturated carbocycles. The van der Waals surface area contributed by atoms with E-state index in [0.29, 0.717) is 6.54 Å². The van der Waals surface area contributed by atoms with Crippen molar-refractivity contribution in [2.45, 2.75) is 59.2 Å². The number of methoxy groups -OCH3 is 1. The second kappa shape index (κ2) is 10.6. The van der Waals surface area contributed by atoms with Gasteiger partial charge in [0.05, 0.1) is 13.5 Å². The van der Waals surface area contributed by atoms with Crippen LogP contribution in [0.3, 0.4) is 0 Å². The average Bonchev–Trinajstić information content (AvgIpc) is 2.73. The molecule has 1 N–H and O–H groups in total. The SMILES string of the molecule is CCC(C)NC(=O)C(C)N(Cc1ccc(OC)cc1)C(=O)Cc1ccc(C)cc1. The minimum Gasteiger partial charge on any atom is -0.497 e. The van der Waals surface area contributed by atoms with E-state index >= 15 is 0 Å². The van der Waals surface area contributed by atoms with Gasteiger partial charge in [0, 0.05) is 12.6 Å². The Bertz CT molecular complexity index is 800. The zero-order valence-electron chi connectivity index (χ0n) is 18.1. The third kappa shape index (κ3) is 6.63. The summed E-state index contributed by atoms with van der Waals surface area (Å²) in [6.07, 6.45) is 1.10. The van der Waals surface area contributed by atoms with E-state index in [-0.39, 0.29) is 24.3 Å². The minimum absolute atomic E-state index is 0.0694. The Morgan fingerprint density at radius 1 is 1.00 bits per heavy atom. The summed E-state index contributed by atoms with van der Waals surface area (Å²) in [5.41, 5.74) is 3.04. The Morgan fingerprint density at radius 3 is 2.14 bits per heavy atom. The van der Waals surface area contributed by atoms with Gasteiger partial charge in [-0.3, -0.25) is 9.59 Å². The highest BCUT2D eigenvalue weighted by Crippen LogP contribution is 2.16. The number of hydrogen-bond acceptors (Lipinski definition) is 3. The molecule has 29 heavy (non-hydrogen) atoms. The predicted molar refractivity (Wildman–Crippen MR) is 116 cm³/mol. The molecule has 2 amide bonds. The van der Waals surface area contributed by atoms with Gasteiger partial charge in [0.1, 0.15) is 11.8 Å². The molecular weight excluding hydrogens is 364 g/mol. The molecule has 0 heterocycles. The van der Waals surface area contributed by atoms with Crippen molar-refractivity contribution in [1.82, 2.24) is 10.2 Å². The highest BCUT2D eigenvalue weighted by atomic mass is 16.5. The summed E-state index contributed by atoms with van der Waals surface area (Å²) in [4.78, 5) is 27.5. The van der Waals surface area contributed by atoms with Crippen molar-refractivity contribution in [3.05, 3.63) is 65.2 Å². The van der Waals surface area contributed by atoms with Crippen molar-refractivity contribution in [3.63, 3.8) is 0 Å². The van der Waals surface area contributed by atoms with E-state index in [1.165, 1.54) is 0 Å². The van der Waals surface area contributed by atoms with Crippen LogP contribution < -0.4 is 10.1 Å². The molecule has 2 atom stereocenters. The molecule has 2 rings (SSSR count). The standard InChI is InChI=1S/C24H32N2O3/c1-6-18(3)25-24(28)19(4)26(16-21-11-13-22(29-5)14-12-21)23(27)15-20-9-7-17(2)8-10-20/h7-14,18-19H,6,15-16H2,1-5H3,(H,25,28). The fourth-order valence-corrected chi connectivity index (χ4v) is 2.96. The van der Waals surface area contributed by atoms with Gasteiger partial charge in [-0.2, -0.15) is 0 Å². The van der Waals surface area contributed by atoms with Gasteiger partial charge in [0.15, 0.2) is 0 Å². The molecule has 0 spiro atoms. The zero-order chi connectivity index (χ0) is 21.4. The van der Waals surface area contributed by atoms with Crippen molar-refractivity contribution in [1.29, 1.82) is 0 Å². The normalized spacial score (nSPS) is 12.7. The smallest absolute Gasteiger partial charge is 0.242 e. The summed E-state index contributed by atoms with van der Waals surface area (Å²) in [6.45, 7) is 8.15. The third-order valence-corrected chi connectivity index (χ3v) is 5.16. The van der Waals surface area contributed by atoms with Crippen LogP contribution in [0.25, 0.3) is 0 Å². The molecule has 5 heteroatoms. The van der Waals surface area contributed by atoms with Crippen LogP contribution in [0.4, 0.5) is 0 Å². The van der Waals surface area contributed by atoms with Crippen LogP contribution in [-0.2, 0) is 22.6 Å². The van der Waals surface area contributed by atoms with Crippen molar-refractivity contribution >= 4 is 11.8 Å². The van der Waals surface area contributed by atoms with Crippen LogP contribution in [0.15, 0.2) is 48.5 Å². The van der Waals surface area contributed by atoms with Crippen molar-refractivity contribution < 1.29 is 14.3 Å². The Morgan fingerprint density at radius 2 is 1.59 bits per heavy atom. The maximum absolute atomic E-state index is 13.1. The van der Waals surface area contributed by atoms with E-state index in [1.54, 1.807) is 18.9 Å². The predicted octanol–water partition coefficient (Wildman–Crippen LogP) is 3.88. The number of nitrogens with one attached hydrogen (secondary N) is 1. The largest absolute Gasteiger partial charge is 0.497 e. The highest BCUT2D eigenvalue weighted by molar-refractivity contribution is 5.88. The third-order valence-electron chi connectivity index (χ3n) is 5.16. The Hall–Kier alpha value is -2.82. The molecular formula is C24H32N2O3. The van der Waals surface area contributed by atoms with Gasteiger partial charge in [0.25, 0.3) is 0 Å². The molecule has 0 bridgehead atoms. The molecule has 0 aliphatic carbocycles. The second-order valence-corrected chi connectivity index (χ2v) is 7.53. The van der Waals surface area contributed by atoms with Gasteiger partial charge in [0.2, 0.25) is 11.8 Å². The van der Waals surface area contributed by atoms with Crippen molar-refractivity contribution in [2.24, 2.45) is 0 Å². The fourth-order valence-electron chi connectivity index (χ4n) is 2.96. The summed E-state index contributed by atoms with van der Waals surface area (Å²) in [5.74, 6) is 0.551. The topological polar surface area (TPSA) is 58.6 Å². The number of aryl methyl sites for hydroxylation is 1. The van der Waals surface area contributed by atoms with Gasteiger partial charge in [-0.1, -0.05) is 48.9 Å². The monoisotopic (exact) mass is 396 g/mol. The lowest BCUT2D eigenvalue weighted by molar-refractivity contribution is -0.140. The number of ether oxygens (including phenoxy) is 1. The zero-order valence-corrected chi connectivity index (χ0v) is 18.1. The number of rotatable bonds is 9. The Labute approximate surface area is 174 Å². The summed E-state index contributed by atoms with van der Waals surface area (Å²) in [7, 11) is 1.62. The summed E-state index contributed by atoms with van der Waals surface area (Å²) in [6, 6.07) is 15.0. The molecule has 2 aromatic rings. The lowest BCUT2D eigenvalue weighted by atomic mass is 10.1. The molecule has 0 fully saturated rings. The van der Waals surface area contributed by atoms with E-state index < -0.39 is 6.04 Å². The first-order valence-corrected chi connectivity index (χ1v) is 10.1. The molecule has 0 aromatic heterocycles. The van der Waals surface area contributed by atoms with E-state index in [2.05, 4.69) is 5.32 Å². The number of nitrogens with zero attached hydrogens (tertiary/aromatic N) is 1. The fraction of sp³-hybridized carbons (Fsp3) is 0.417. The van der Waals surface area contributed by atoms with Crippen LogP contribution in [0.2, 0.25) is 0 Å². The number of carbonyl (C=O) groups is 2. The summed E-state index contributed by atoms with van der Waals surface area (Å²) < 4.78 is 5.21. The van der Waals surface area contributed by atoms with Crippen molar-refractivity contribution in [2.75, 3.05) is 7.11 Å².